The van der Waals surface area contributed by atoms with Gasteiger partial charge in [-0.2, -0.15) is 0 Å². The molecule has 0 aliphatic carbocycles. The second kappa shape index (κ2) is 5.16. The predicted octanol–water partition coefficient (Wildman–Crippen LogP) is 2.08. The molecule has 0 saturated carbocycles. The van der Waals surface area contributed by atoms with Crippen LogP contribution >= 0.6 is 0 Å². The minimum atomic E-state index is 0.293. The Morgan fingerprint density at radius 2 is 2.47 bits per heavy atom. The van der Waals surface area contributed by atoms with E-state index in [4.69, 9.17) is 11.8 Å². The molecule has 2 N–H and O–H groups in total. The van der Waals surface area contributed by atoms with Gasteiger partial charge >= 0.3 is 0 Å². The van der Waals surface area contributed by atoms with E-state index in [9.17, 15) is 0 Å². The van der Waals surface area contributed by atoms with Gasteiger partial charge in [-0.3, -0.25) is 5.41 Å². The zero-order valence-electron chi connectivity index (χ0n) is 9.04. The molecule has 0 aromatic heterocycles. The molecule has 3 nitrogen and oxygen atoms in total. The van der Waals surface area contributed by atoms with Gasteiger partial charge in [-0.1, -0.05) is 18.9 Å². The van der Waals surface area contributed by atoms with Crippen molar-refractivity contribution in [3.63, 3.8) is 0 Å². The van der Waals surface area contributed by atoms with Gasteiger partial charge in [0.05, 0.1) is 6.21 Å². The van der Waals surface area contributed by atoms with Crippen LogP contribution in [0.2, 0.25) is 0 Å². The molecular formula is C12H15N3. The standard InChI is InChI=1S/C12H15N3/c1-4-7-14-11-10(3)9(2)6-5-8-15-12(11)13/h1,5,7-9H,6H2,2-3H3,(H2,13,15)/b8-5+,11-10+,14-7?. The maximum Gasteiger partial charge on any atom is 0.148 e. The monoisotopic (exact) mass is 201 g/mol. The molecule has 3 heteroatoms. The van der Waals surface area contributed by atoms with E-state index < -0.39 is 0 Å². The van der Waals surface area contributed by atoms with Crippen LogP contribution in [0.15, 0.2) is 28.5 Å². The molecule has 0 amide bonds. The summed E-state index contributed by atoms with van der Waals surface area (Å²) in [5.74, 6) is 3.01. The van der Waals surface area contributed by atoms with Gasteiger partial charge in [0.2, 0.25) is 0 Å². The minimum absolute atomic E-state index is 0.293. The van der Waals surface area contributed by atoms with Crippen molar-refractivity contribution in [1.29, 1.82) is 5.41 Å². The molecule has 1 unspecified atom stereocenters. The maximum atomic E-state index is 7.78. The largest absolute Gasteiger partial charge is 0.346 e. The molecule has 0 bridgehead atoms. The summed E-state index contributed by atoms with van der Waals surface area (Å²) in [7, 11) is 0. The Morgan fingerprint density at radius 1 is 1.73 bits per heavy atom. The summed E-state index contributed by atoms with van der Waals surface area (Å²) < 4.78 is 0. The lowest BCUT2D eigenvalue weighted by Gasteiger charge is -2.16. The van der Waals surface area contributed by atoms with Crippen molar-refractivity contribution in [2.24, 2.45) is 10.9 Å². The van der Waals surface area contributed by atoms with Crippen LogP contribution in [0.4, 0.5) is 0 Å². The average molecular weight is 201 g/mol. The first-order chi connectivity index (χ1) is 7.16. The second-order valence-electron chi connectivity index (χ2n) is 3.51. The molecule has 0 fully saturated rings. The predicted molar refractivity (Wildman–Crippen MR) is 63.8 cm³/mol. The Hall–Kier alpha value is -1.82. The second-order valence-corrected chi connectivity index (χ2v) is 3.51. The quantitative estimate of drug-likeness (QED) is 0.495. The topological polar surface area (TPSA) is 48.2 Å². The van der Waals surface area contributed by atoms with Crippen LogP contribution in [0.5, 0.6) is 0 Å². The summed E-state index contributed by atoms with van der Waals surface area (Å²) >= 11 is 0. The number of allylic oxidation sites excluding steroid dienone is 2. The van der Waals surface area contributed by atoms with Gasteiger partial charge in [0, 0.05) is 0 Å². The summed E-state index contributed by atoms with van der Waals surface area (Å²) in [6, 6.07) is 0. The van der Waals surface area contributed by atoms with E-state index in [-0.39, 0.29) is 0 Å². The molecule has 0 aromatic carbocycles. The molecule has 1 aliphatic rings. The molecule has 0 saturated heterocycles. The fraction of sp³-hybridized carbons (Fsp3) is 0.333. The van der Waals surface area contributed by atoms with Gasteiger partial charge in [0.25, 0.3) is 0 Å². The lowest BCUT2D eigenvalue weighted by Crippen LogP contribution is -2.21. The molecule has 1 aliphatic heterocycles. The van der Waals surface area contributed by atoms with Crippen molar-refractivity contribution in [2.45, 2.75) is 20.3 Å². The molecule has 0 aromatic rings. The van der Waals surface area contributed by atoms with Crippen LogP contribution in [0.3, 0.4) is 0 Å². The van der Waals surface area contributed by atoms with Crippen molar-refractivity contribution in [2.75, 3.05) is 0 Å². The summed E-state index contributed by atoms with van der Waals surface area (Å²) in [5.41, 5.74) is 1.73. The first-order valence-electron chi connectivity index (χ1n) is 4.86. The van der Waals surface area contributed by atoms with Crippen molar-refractivity contribution >= 4 is 12.1 Å². The van der Waals surface area contributed by atoms with E-state index in [1.807, 2.05) is 13.0 Å². The summed E-state index contributed by atoms with van der Waals surface area (Å²) in [5, 5.41) is 10.6. The highest BCUT2D eigenvalue weighted by Crippen LogP contribution is 2.20. The average Bonchev–Trinajstić information content (AvgIpc) is 2.23. The van der Waals surface area contributed by atoms with Gasteiger partial charge in [0.1, 0.15) is 11.5 Å². The minimum Gasteiger partial charge on any atom is -0.346 e. The Kier molecular flexibility index (Phi) is 3.87. The Labute approximate surface area is 90.5 Å². The SMILES string of the molecule is C#CC=N/C1=C(\C)C(C)C/C=C/NC1=N. The van der Waals surface area contributed by atoms with E-state index in [1.54, 1.807) is 6.20 Å². The molecule has 0 spiro atoms. The van der Waals surface area contributed by atoms with Crippen LogP contribution in [-0.2, 0) is 0 Å². The number of hydrogen-bond donors (Lipinski definition) is 2. The Morgan fingerprint density at radius 3 is 3.13 bits per heavy atom. The fourth-order valence-electron chi connectivity index (χ4n) is 1.36. The van der Waals surface area contributed by atoms with Gasteiger partial charge < -0.3 is 5.32 Å². The van der Waals surface area contributed by atoms with Crippen molar-refractivity contribution < 1.29 is 0 Å². The number of amidine groups is 1. The van der Waals surface area contributed by atoms with Gasteiger partial charge in [-0.05, 0) is 31.0 Å². The molecule has 1 heterocycles. The van der Waals surface area contributed by atoms with Gasteiger partial charge in [-0.15, -0.1) is 6.42 Å². The highest BCUT2D eigenvalue weighted by molar-refractivity contribution is 5.99. The van der Waals surface area contributed by atoms with E-state index in [0.29, 0.717) is 17.5 Å². The van der Waals surface area contributed by atoms with Crippen LogP contribution in [0.1, 0.15) is 20.3 Å². The van der Waals surface area contributed by atoms with E-state index in [1.165, 1.54) is 6.21 Å². The van der Waals surface area contributed by atoms with Crippen molar-refractivity contribution in [3.8, 4) is 12.3 Å². The van der Waals surface area contributed by atoms with Crippen LogP contribution < -0.4 is 5.32 Å². The number of hydrogen-bond acceptors (Lipinski definition) is 2. The smallest absolute Gasteiger partial charge is 0.148 e. The summed E-state index contributed by atoms with van der Waals surface area (Å²) in [4.78, 5) is 4.11. The van der Waals surface area contributed by atoms with Crippen molar-refractivity contribution in [1.82, 2.24) is 5.32 Å². The summed E-state index contributed by atoms with van der Waals surface area (Å²) in [6.45, 7) is 4.10. The highest BCUT2D eigenvalue weighted by Gasteiger charge is 2.13. The van der Waals surface area contributed by atoms with E-state index in [0.717, 1.165) is 12.0 Å². The molecule has 1 rings (SSSR count). The van der Waals surface area contributed by atoms with Crippen LogP contribution in [-0.4, -0.2) is 12.1 Å². The lowest BCUT2D eigenvalue weighted by molar-refractivity contribution is 0.683. The lowest BCUT2D eigenvalue weighted by atomic mass is 9.96. The molecule has 15 heavy (non-hydrogen) atoms. The number of nitrogens with zero attached hydrogens (tertiary/aromatic N) is 1. The number of aliphatic imine (C=N–C) groups is 1. The molecule has 0 radical (unpaired) electrons. The summed E-state index contributed by atoms with van der Waals surface area (Å²) in [6.07, 6.45) is 11.2. The normalized spacial score (nSPS) is 29.1. The van der Waals surface area contributed by atoms with Gasteiger partial charge in [-0.25, -0.2) is 4.99 Å². The zero-order chi connectivity index (χ0) is 11.3. The van der Waals surface area contributed by atoms with Crippen LogP contribution in [0.25, 0.3) is 0 Å². The Balaban J connectivity index is 3.07. The van der Waals surface area contributed by atoms with Crippen molar-refractivity contribution in [3.05, 3.63) is 23.5 Å². The molecular weight excluding hydrogens is 186 g/mol. The number of rotatable bonds is 1. The Bertz CT molecular complexity index is 380. The van der Waals surface area contributed by atoms with E-state index >= 15 is 0 Å². The number of nitrogens with one attached hydrogen (secondary N) is 2. The third-order valence-corrected chi connectivity index (χ3v) is 2.45. The number of terminal acetylenes is 1. The van der Waals surface area contributed by atoms with E-state index in [2.05, 4.69) is 23.2 Å². The first-order valence-corrected chi connectivity index (χ1v) is 4.86. The van der Waals surface area contributed by atoms with Crippen LogP contribution in [0, 0.1) is 23.7 Å². The first kappa shape index (κ1) is 11.3. The third-order valence-electron chi connectivity index (χ3n) is 2.45. The molecule has 78 valence electrons. The highest BCUT2D eigenvalue weighted by atomic mass is 15.0. The van der Waals surface area contributed by atoms with Gasteiger partial charge in [0.15, 0.2) is 0 Å². The maximum absolute atomic E-state index is 7.78. The zero-order valence-corrected chi connectivity index (χ0v) is 9.04. The third kappa shape index (κ3) is 2.81. The fourth-order valence-corrected chi connectivity index (χ4v) is 1.36. The molecule has 1 atom stereocenters.